The van der Waals surface area contributed by atoms with Crippen molar-refractivity contribution in [2.24, 2.45) is 11.3 Å². The lowest BCUT2D eigenvalue weighted by atomic mass is 10.0. The van der Waals surface area contributed by atoms with E-state index in [0.29, 0.717) is 31.0 Å². The Morgan fingerprint density at radius 3 is 2.50 bits per heavy atom. The highest BCUT2D eigenvalue weighted by atomic mass is 19.4. The van der Waals surface area contributed by atoms with Crippen molar-refractivity contribution in [2.75, 3.05) is 20.1 Å². The Balaban J connectivity index is 0.000000406. The molecule has 3 heterocycles. The molecule has 2 atom stereocenters. The fourth-order valence-electron chi connectivity index (χ4n) is 4.31. The number of furan rings is 1. The van der Waals surface area contributed by atoms with Crippen molar-refractivity contribution in [1.82, 2.24) is 14.8 Å². The second-order valence-electron chi connectivity index (χ2n) is 8.74. The molecule has 0 aromatic carbocycles. The second kappa shape index (κ2) is 9.47. The molecule has 2 aromatic rings. The number of carboxylic acids is 1. The zero-order chi connectivity index (χ0) is 25.3. The molecular formula is C23H26F3N3O5. The topological polar surface area (TPSA) is 104 Å². The molecule has 4 rings (SSSR count). The van der Waals surface area contributed by atoms with Gasteiger partial charge in [0.2, 0.25) is 5.91 Å². The van der Waals surface area contributed by atoms with Gasteiger partial charge in [0.15, 0.2) is 0 Å². The van der Waals surface area contributed by atoms with Crippen molar-refractivity contribution in [2.45, 2.75) is 39.4 Å². The Morgan fingerprint density at radius 2 is 1.97 bits per heavy atom. The Hall–Kier alpha value is -3.37. The van der Waals surface area contributed by atoms with Crippen LogP contribution in [0.4, 0.5) is 13.2 Å². The van der Waals surface area contributed by atoms with E-state index in [2.05, 4.69) is 4.98 Å². The monoisotopic (exact) mass is 481 g/mol. The molecule has 11 heteroatoms. The van der Waals surface area contributed by atoms with Gasteiger partial charge in [0.25, 0.3) is 5.91 Å². The van der Waals surface area contributed by atoms with Crippen LogP contribution in [0.5, 0.6) is 0 Å². The highest BCUT2D eigenvalue weighted by molar-refractivity contribution is 5.95. The van der Waals surface area contributed by atoms with E-state index in [4.69, 9.17) is 14.3 Å². The summed E-state index contributed by atoms with van der Waals surface area (Å²) in [5.74, 6) is -1.16. The summed E-state index contributed by atoms with van der Waals surface area (Å²) in [6.07, 6.45) is -1.58. The summed E-state index contributed by atoms with van der Waals surface area (Å²) in [5, 5.41) is 7.12. The molecule has 2 unspecified atom stereocenters. The minimum atomic E-state index is -5.08. The van der Waals surface area contributed by atoms with Crippen LogP contribution in [0.1, 0.15) is 40.4 Å². The van der Waals surface area contributed by atoms with Gasteiger partial charge in [-0.2, -0.15) is 13.2 Å². The van der Waals surface area contributed by atoms with Crippen molar-refractivity contribution in [3.05, 3.63) is 53.2 Å². The van der Waals surface area contributed by atoms with Crippen LogP contribution in [0, 0.1) is 25.2 Å². The van der Waals surface area contributed by atoms with Gasteiger partial charge in [-0.1, -0.05) is 6.07 Å². The molecule has 34 heavy (non-hydrogen) atoms. The molecule has 1 aliphatic heterocycles. The smallest absolute Gasteiger partial charge is 0.475 e. The summed E-state index contributed by atoms with van der Waals surface area (Å²) in [4.78, 5) is 42.5. The summed E-state index contributed by atoms with van der Waals surface area (Å²) in [7, 11) is 1.83. The van der Waals surface area contributed by atoms with Crippen molar-refractivity contribution >= 4 is 17.8 Å². The number of amides is 2. The fourth-order valence-corrected chi connectivity index (χ4v) is 4.31. The van der Waals surface area contributed by atoms with Gasteiger partial charge >= 0.3 is 12.1 Å². The quantitative estimate of drug-likeness (QED) is 0.718. The summed E-state index contributed by atoms with van der Waals surface area (Å²) < 4.78 is 37.2. The van der Waals surface area contributed by atoms with Crippen molar-refractivity contribution < 1.29 is 37.1 Å². The number of rotatable bonds is 4. The highest BCUT2D eigenvalue weighted by Crippen LogP contribution is 2.59. The molecule has 2 amide bonds. The van der Waals surface area contributed by atoms with Crippen LogP contribution < -0.4 is 0 Å². The summed E-state index contributed by atoms with van der Waals surface area (Å²) in [6, 6.07) is 7.53. The Bertz CT molecular complexity index is 1070. The summed E-state index contributed by atoms with van der Waals surface area (Å²) in [6.45, 7) is 5.55. The molecular weight excluding hydrogens is 455 g/mol. The number of aliphatic carboxylic acids is 1. The molecule has 8 nitrogen and oxygen atoms in total. The first-order valence-corrected chi connectivity index (χ1v) is 10.7. The molecule has 1 N–H and O–H groups in total. The number of carbonyl (C=O) groups excluding carboxylic acids is 2. The number of carbonyl (C=O) groups is 3. The average molecular weight is 481 g/mol. The zero-order valence-corrected chi connectivity index (χ0v) is 19.1. The predicted molar refractivity (Wildman–Crippen MR) is 114 cm³/mol. The summed E-state index contributed by atoms with van der Waals surface area (Å²) >= 11 is 0. The lowest BCUT2D eigenvalue weighted by Crippen LogP contribution is -2.32. The third-order valence-corrected chi connectivity index (χ3v) is 6.18. The van der Waals surface area contributed by atoms with Crippen molar-refractivity contribution in [1.29, 1.82) is 0 Å². The number of aryl methyl sites for hydroxylation is 2. The van der Waals surface area contributed by atoms with Crippen molar-refractivity contribution in [3.63, 3.8) is 0 Å². The zero-order valence-electron chi connectivity index (χ0n) is 19.1. The number of alkyl halides is 3. The maximum Gasteiger partial charge on any atom is 0.490 e. The van der Waals surface area contributed by atoms with Crippen LogP contribution in [-0.2, 0) is 16.1 Å². The Labute approximate surface area is 194 Å². The third-order valence-electron chi connectivity index (χ3n) is 6.18. The molecule has 2 aliphatic rings. The highest BCUT2D eigenvalue weighted by Gasteiger charge is 2.62. The van der Waals surface area contributed by atoms with Gasteiger partial charge in [0.1, 0.15) is 11.5 Å². The molecule has 2 aromatic heterocycles. The second-order valence-corrected chi connectivity index (χ2v) is 8.74. The first kappa shape index (κ1) is 25.3. The van der Waals surface area contributed by atoms with E-state index in [1.807, 2.05) is 44.0 Å². The molecule has 0 bridgehead atoms. The standard InChI is InChI=1S/C21H25N3O3.C2HF3O2/c1-14-10-17(15(2)27-14)19(25)24-9-7-21(13-24)11-18(21)20(26)23(3)12-16-6-4-5-8-22-16;3-2(4,5)1(6)7/h4-6,8,10,18H,7,9,11-13H2,1-3H3;(H,6,7). The van der Waals surface area contributed by atoms with Gasteiger partial charge in [0, 0.05) is 37.7 Å². The van der Waals surface area contributed by atoms with Gasteiger partial charge < -0.3 is 19.3 Å². The molecule has 184 valence electrons. The van der Waals surface area contributed by atoms with Crippen LogP contribution >= 0.6 is 0 Å². The molecule has 0 radical (unpaired) electrons. The van der Waals surface area contributed by atoms with Crippen LogP contribution in [0.3, 0.4) is 0 Å². The average Bonchev–Trinajstić information content (AvgIpc) is 3.10. The van der Waals surface area contributed by atoms with Gasteiger partial charge in [-0.05, 0) is 44.9 Å². The Kier molecular flexibility index (Phi) is 7.04. The normalized spacial score (nSPS) is 21.1. The van der Waals surface area contributed by atoms with Gasteiger partial charge in [-0.25, -0.2) is 4.79 Å². The number of hydrogen-bond donors (Lipinski definition) is 1. The van der Waals surface area contributed by atoms with Crippen LogP contribution in [-0.4, -0.2) is 64.0 Å². The number of carboxylic acid groups (broad SMARTS) is 1. The maximum absolute atomic E-state index is 12.9. The first-order valence-electron chi connectivity index (χ1n) is 10.7. The molecule has 1 spiro atoms. The Morgan fingerprint density at radius 1 is 1.29 bits per heavy atom. The van der Waals surface area contributed by atoms with E-state index in [1.54, 1.807) is 17.2 Å². The lowest BCUT2D eigenvalue weighted by Gasteiger charge is -2.19. The van der Waals surface area contributed by atoms with Crippen LogP contribution in [0.2, 0.25) is 0 Å². The number of hydrogen-bond acceptors (Lipinski definition) is 5. The molecule has 1 saturated heterocycles. The van der Waals surface area contributed by atoms with E-state index < -0.39 is 12.1 Å². The van der Waals surface area contributed by atoms with Crippen molar-refractivity contribution in [3.8, 4) is 0 Å². The number of halogens is 3. The van der Waals surface area contributed by atoms with E-state index in [1.165, 1.54) is 0 Å². The maximum atomic E-state index is 12.9. The molecule has 1 aliphatic carbocycles. The fraction of sp³-hybridized carbons (Fsp3) is 0.478. The van der Waals surface area contributed by atoms with E-state index in [9.17, 15) is 22.8 Å². The van der Waals surface area contributed by atoms with E-state index in [-0.39, 0.29) is 23.1 Å². The number of likely N-dealkylation sites (tertiary alicyclic amines) is 1. The SMILES string of the molecule is Cc1cc(C(=O)N2CCC3(CC3C(=O)N(C)Cc3ccccn3)C2)c(C)o1.O=C(O)C(F)(F)F. The van der Waals surface area contributed by atoms with E-state index >= 15 is 0 Å². The van der Waals surface area contributed by atoms with Gasteiger partial charge in [0.05, 0.1) is 17.8 Å². The molecule has 1 saturated carbocycles. The van der Waals surface area contributed by atoms with Crippen LogP contribution in [0.25, 0.3) is 0 Å². The number of nitrogens with zero attached hydrogens (tertiary/aromatic N) is 3. The number of pyridine rings is 1. The third kappa shape index (κ3) is 5.57. The number of aromatic nitrogens is 1. The predicted octanol–water partition coefficient (Wildman–Crippen LogP) is 3.44. The van der Waals surface area contributed by atoms with E-state index in [0.717, 1.165) is 24.3 Å². The minimum absolute atomic E-state index is 0.0104. The van der Waals surface area contributed by atoms with Gasteiger partial charge in [-0.3, -0.25) is 14.6 Å². The molecule has 2 fully saturated rings. The summed E-state index contributed by atoms with van der Waals surface area (Å²) in [5.41, 5.74) is 1.48. The largest absolute Gasteiger partial charge is 0.490 e. The first-order chi connectivity index (χ1) is 15.8. The minimum Gasteiger partial charge on any atom is -0.475 e. The lowest BCUT2D eigenvalue weighted by molar-refractivity contribution is -0.192. The van der Waals surface area contributed by atoms with Crippen LogP contribution in [0.15, 0.2) is 34.9 Å². The van der Waals surface area contributed by atoms with Gasteiger partial charge in [-0.15, -0.1) is 0 Å².